The van der Waals surface area contributed by atoms with Gasteiger partial charge in [0.2, 0.25) is 0 Å². The Morgan fingerprint density at radius 2 is 1.92 bits per heavy atom. The Morgan fingerprint density at radius 1 is 1.19 bits per heavy atom. The number of thiazole rings is 1. The zero-order valence-corrected chi connectivity index (χ0v) is 17.2. The largest absolute Gasteiger partial charge is 0.324 e. The van der Waals surface area contributed by atoms with E-state index in [-0.39, 0.29) is 5.91 Å². The maximum atomic E-state index is 12.4. The lowest BCUT2D eigenvalue weighted by Crippen LogP contribution is -3.08. The number of aryl methyl sites for hydroxylation is 3. The van der Waals surface area contributed by atoms with E-state index in [0.29, 0.717) is 6.54 Å². The average molecular weight is 387 g/mol. The van der Waals surface area contributed by atoms with E-state index in [1.54, 1.807) is 22.7 Å². The molecule has 0 spiro atoms. The number of likely N-dealkylation sites (N-methyl/N-ethyl adjacent to an activating group) is 1. The summed E-state index contributed by atoms with van der Waals surface area (Å²) in [4.78, 5) is 19.5. The number of hydrogen-bond acceptors (Lipinski definition) is 4. The first-order valence-corrected chi connectivity index (χ1v) is 10.4. The van der Waals surface area contributed by atoms with Gasteiger partial charge >= 0.3 is 0 Å². The van der Waals surface area contributed by atoms with E-state index >= 15 is 0 Å². The summed E-state index contributed by atoms with van der Waals surface area (Å²) in [5, 5.41) is 8.28. The molecule has 2 N–H and O–H groups in total. The van der Waals surface area contributed by atoms with Crippen molar-refractivity contribution < 1.29 is 9.69 Å². The van der Waals surface area contributed by atoms with Gasteiger partial charge in [0.05, 0.1) is 17.6 Å². The Bertz CT molecular complexity index is 877. The molecular weight excluding hydrogens is 362 g/mol. The number of aromatic nitrogens is 1. The zero-order chi connectivity index (χ0) is 18.7. The molecule has 0 saturated carbocycles. The van der Waals surface area contributed by atoms with Gasteiger partial charge in [0.25, 0.3) is 5.91 Å². The van der Waals surface area contributed by atoms with Crippen molar-refractivity contribution in [3.05, 3.63) is 56.7 Å². The molecule has 0 bridgehead atoms. The van der Waals surface area contributed by atoms with Crippen LogP contribution in [0.25, 0.3) is 10.6 Å². The van der Waals surface area contributed by atoms with Crippen LogP contribution in [-0.2, 0) is 11.3 Å². The molecular formula is C20H24N3OS2+. The fourth-order valence-electron chi connectivity index (χ4n) is 3.09. The van der Waals surface area contributed by atoms with Crippen molar-refractivity contribution in [2.45, 2.75) is 27.3 Å². The summed E-state index contributed by atoms with van der Waals surface area (Å²) in [6, 6.07) is 8.32. The van der Waals surface area contributed by atoms with E-state index in [1.165, 1.54) is 10.4 Å². The van der Waals surface area contributed by atoms with Crippen molar-refractivity contribution in [3.63, 3.8) is 0 Å². The molecule has 0 aliphatic rings. The number of nitrogens with one attached hydrogen (secondary N) is 2. The smallest absolute Gasteiger partial charge is 0.279 e. The third kappa shape index (κ3) is 4.58. The minimum absolute atomic E-state index is 0.0348. The van der Waals surface area contributed by atoms with Crippen LogP contribution in [0.4, 0.5) is 5.69 Å². The molecule has 2 heterocycles. The summed E-state index contributed by atoms with van der Waals surface area (Å²) >= 11 is 3.35. The summed E-state index contributed by atoms with van der Waals surface area (Å²) in [5.41, 5.74) is 5.39. The minimum atomic E-state index is 0.0348. The van der Waals surface area contributed by atoms with Crippen molar-refractivity contribution in [2.24, 2.45) is 0 Å². The van der Waals surface area contributed by atoms with Crippen molar-refractivity contribution in [1.29, 1.82) is 0 Å². The molecule has 1 aromatic carbocycles. The van der Waals surface area contributed by atoms with Crippen LogP contribution in [0.15, 0.2) is 35.0 Å². The van der Waals surface area contributed by atoms with Gasteiger partial charge in [-0.15, -0.1) is 22.7 Å². The van der Waals surface area contributed by atoms with Crippen molar-refractivity contribution in [2.75, 3.05) is 18.9 Å². The molecule has 0 aliphatic heterocycles. The molecule has 1 atom stereocenters. The summed E-state index contributed by atoms with van der Waals surface area (Å²) in [6.07, 6.45) is 0. The molecule has 0 fully saturated rings. The molecule has 1 amide bonds. The summed E-state index contributed by atoms with van der Waals surface area (Å²) in [5.74, 6) is 0.0348. The lowest BCUT2D eigenvalue weighted by atomic mass is 10.1. The standard InChI is InChI=1S/C20H23N3OS2/c1-13-8-14(2)20(15(3)9-13)22-18(24)10-23(4)11-19-21-16(12-26-19)17-6-5-7-25-17/h5-9,12H,10-11H2,1-4H3,(H,22,24)/p+1. The van der Waals surface area contributed by atoms with Crippen LogP contribution in [0.5, 0.6) is 0 Å². The molecule has 0 saturated heterocycles. The molecule has 2 aromatic heterocycles. The van der Waals surface area contributed by atoms with Crippen molar-refractivity contribution in [1.82, 2.24) is 4.98 Å². The third-order valence-electron chi connectivity index (χ3n) is 4.18. The minimum Gasteiger partial charge on any atom is -0.324 e. The average Bonchev–Trinajstić information content (AvgIpc) is 3.21. The van der Waals surface area contributed by atoms with Gasteiger partial charge in [0.1, 0.15) is 11.6 Å². The number of amides is 1. The number of thiophene rings is 1. The number of carbonyl (C=O) groups excluding carboxylic acids is 1. The van der Waals surface area contributed by atoms with Gasteiger partial charge < -0.3 is 10.2 Å². The number of quaternary nitrogens is 1. The van der Waals surface area contributed by atoms with Crippen LogP contribution in [0.2, 0.25) is 0 Å². The van der Waals surface area contributed by atoms with E-state index in [1.807, 2.05) is 27.0 Å². The predicted molar refractivity (Wildman–Crippen MR) is 110 cm³/mol. The van der Waals surface area contributed by atoms with Crippen LogP contribution in [0.3, 0.4) is 0 Å². The molecule has 136 valence electrons. The summed E-state index contributed by atoms with van der Waals surface area (Å²) < 4.78 is 0. The Morgan fingerprint density at radius 3 is 2.58 bits per heavy atom. The molecule has 4 nitrogen and oxygen atoms in total. The highest BCUT2D eigenvalue weighted by Gasteiger charge is 2.15. The second kappa shape index (κ2) is 8.12. The first kappa shape index (κ1) is 18.8. The highest BCUT2D eigenvalue weighted by Crippen LogP contribution is 2.25. The van der Waals surface area contributed by atoms with E-state index in [0.717, 1.165) is 39.0 Å². The van der Waals surface area contributed by atoms with E-state index in [2.05, 4.69) is 41.2 Å². The number of carbonyl (C=O) groups is 1. The van der Waals surface area contributed by atoms with Crippen LogP contribution in [-0.4, -0.2) is 24.5 Å². The Balaban J connectivity index is 1.58. The maximum absolute atomic E-state index is 12.4. The topological polar surface area (TPSA) is 46.4 Å². The Kier molecular flexibility index (Phi) is 5.86. The van der Waals surface area contributed by atoms with Crippen molar-refractivity contribution in [3.8, 4) is 10.6 Å². The quantitative estimate of drug-likeness (QED) is 0.682. The SMILES string of the molecule is Cc1cc(C)c(NC(=O)C[NH+](C)Cc2nc(-c3cccs3)cs2)c(C)c1. The molecule has 3 aromatic rings. The predicted octanol–water partition coefficient (Wildman–Crippen LogP) is 3.45. The monoisotopic (exact) mass is 386 g/mol. The highest BCUT2D eigenvalue weighted by molar-refractivity contribution is 7.14. The summed E-state index contributed by atoms with van der Waals surface area (Å²) in [7, 11) is 2.03. The maximum Gasteiger partial charge on any atom is 0.279 e. The Hall–Kier alpha value is -2.02. The lowest BCUT2D eigenvalue weighted by molar-refractivity contribution is -0.885. The summed E-state index contributed by atoms with van der Waals surface area (Å²) in [6.45, 7) is 7.31. The molecule has 0 radical (unpaired) electrons. The number of benzene rings is 1. The highest BCUT2D eigenvalue weighted by atomic mass is 32.1. The van der Waals surface area contributed by atoms with Gasteiger partial charge in [0, 0.05) is 11.1 Å². The van der Waals surface area contributed by atoms with Gasteiger partial charge in [0.15, 0.2) is 6.54 Å². The second-order valence-electron chi connectivity index (χ2n) is 6.74. The van der Waals surface area contributed by atoms with Crippen molar-refractivity contribution >= 4 is 34.3 Å². The van der Waals surface area contributed by atoms with Crippen LogP contribution >= 0.6 is 22.7 Å². The van der Waals surface area contributed by atoms with Gasteiger partial charge in [-0.2, -0.15) is 0 Å². The van der Waals surface area contributed by atoms with E-state index in [9.17, 15) is 4.79 Å². The molecule has 3 rings (SSSR count). The van der Waals surface area contributed by atoms with E-state index < -0.39 is 0 Å². The number of hydrogen-bond donors (Lipinski definition) is 2. The first-order valence-electron chi connectivity index (χ1n) is 8.59. The normalized spacial score (nSPS) is 12.2. The fraction of sp³-hybridized carbons (Fsp3) is 0.300. The van der Waals surface area contributed by atoms with Gasteiger partial charge in [-0.25, -0.2) is 4.98 Å². The molecule has 6 heteroatoms. The number of anilines is 1. The fourth-order valence-corrected chi connectivity index (χ4v) is 4.75. The second-order valence-corrected chi connectivity index (χ2v) is 8.63. The van der Waals surface area contributed by atoms with Crippen LogP contribution in [0.1, 0.15) is 21.7 Å². The third-order valence-corrected chi connectivity index (χ3v) is 5.92. The van der Waals surface area contributed by atoms with Gasteiger partial charge in [-0.05, 0) is 43.3 Å². The van der Waals surface area contributed by atoms with Crippen LogP contribution in [0, 0.1) is 20.8 Å². The lowest BCUT2D eigenvalue weighted by Gasteiger charge is -2.15. The number of rotatable bonds is 6. The first-order chi connectivity index (χ1) is 12.4. The van der Waals surface area contributed by atoms with Gasteiger partial charge in [-0.1, -0.05) is 23.8 Å². The molecule has 26 heavy (non-hydrogen) atoms. The molecule has 0 aliphatic carbocycles. The Labute approximate surface area is 162 Å². The van der Waals surface area contributed by atoms with Gasteiger partial charge in [-0.3, -0.25) is 4.79 Å². The van der Waals surface area contributed by atoms with E-state index in [4.69, 9.17) is 4.98 Å². The number of nitrogens with zero attached hydrogens (tertiary/aromatic N) is 1. The van der Waals surface area contributed by atoms with Crippen LogP contribution < -0.4 is 10.2 Å². The zero-order valence-electron chi connectivity index (χ0n) is 15.6. The molecule has 1 unspecified atom stereocenters.